The lowest BCUT2D eigenvalue weighted by molar-refractivity contribution is -0.0273. The zero-order chi connectivity index (χ0) is 12.8. The number of hydrogen-bond acceptors (Lipinski definition) is 3. The highest BCUT2D eigenvalue weighted by Gasteiger charge is 2.26. The lowest BCUT2D eigenvalue weighted by atomic mass is 9.94. The standard InChI is InChI=1S/C14H29NO2/c1-10(2)7-13(9-16)15-12-5-6-17-14(8-12)11(3)4/h10-16H,5-9H2,1-4H3. The summed E-state index contributed by atoms with van der Waals surface area (Å²) in [6.07, 6.45) is 3.56. The van der Waals surface area contributed by atoms with Crippen molar-refractivity contribution in [3.63, 3.8) is 0 Å². The molecule has 1 saturated heterocycles. The van der Waals surface area contributed by atoms with Gasteiger partial charge in [-0.1, -0.05) is 27.7 Å². The highest BCUT2D eigenvalue weighted by atomic mass is 16.5. The van der Waals surface area contributed by atoms with E-state index in [0.29, 0.717) is 24.0 Å². The van der Waals surface area contributed by atoms with Crippen LogP contribution in [0.4, 0.5) is 0 Å². The topological polar surface area (TPSA) is 41.5 Å². The third kappa shape index (κ3) is 5.36. The van der Waals surface area contributed by atoms with Crippen molar-refractivity contribution < 1.29 is 9.84 Å². The van der Waals surface area contributed by atoms with Crippen LogP contribution >= 0.6 is 0 Å². The van der Waals surface area contributed by atoms with Crippen LogP contribution in [0, 0.1) is 11.8 Å². The Kier molecular flexibility index (Phi) is 6.45. The predicted octanol–water partition coefficient (Wildman–Crippen LogP) is 2.19. The van der Waals surface area contributed by atoms with E-state index in [0.717, 1.165) is 25.9 Å². The van der Waals surface area contributed by atoms with Gasteiger partial charge >= 0.3 is 0 Å². The predicted molar refractivity (Wildman–Crippen MR) is 71.1 cm³/mol. The summed E-state index contributed by atoms with van der Waals surface area (Å²) in [7, 11) is 0. The maximum absolute atomic E-state index is 9.39. The van der Waals surface area contributed by atoms with Gasteiger partial charge in [0.15, 0.2) is 0 Å². The van der Waals surface area contributed by atoms with E-state index in [1.807, 2.05) is 0 Å². The molecule has 0 saturated carbocycles. The second kappa shape index (κ2) is 7.34. The quantitative estimate of drug-likeness (QED) is 0.751. The van der Waals surface area contributed by atoms with E-state index in [-0.39, 0.29) is 12.6 Å². The average Bonchev–Trinajstić information content (AvgIpc) is 2.28. The summed E-state index contributed by atoms with van der Waals surface area (Å²) in [6, 6.07) is 0.748. The van der Waals surface area contributed by atoms with Gasteiger partial charge in [-0.2, -0.15) is 0 Å². The van der Waals surface area contributed by atoms with Gasteiger partial charge in [-0.05, 0) is 31.1 Å². The van der Waals surface area contributed by atoms with Crippen molar-refractivity contribution in [2.45, 2.75) is 65.1 Å². The van der Waals surface area contributed by atoms with Crippen LogP contribution in [0.2, 0.25) is 0 Å². The molecule has 1 fully saturated rings. The molecule has 0 spiro atoms. The molecular weight excluding hydrogens is 214 g/mol. The largest absolute Gasteiger partial charge is 0.395 e. The van der Waals surface area contributed by atoms with E-state index in [9.17, 15) is 5.11 Å². The van der Waals surface area contributed by atoms with Crippen LogP contribution in [0.25, 0.3) is 0 Å². The van der Waals surface area contributed by atoms with Gasteiger partial charge in [0.2, 0.25) is 0 Å². The van der Waals surface area contributed by atoms with E-state index in [1.165, 1.54) is 0 Å². The fourth-order valence-corrected chi connectivity index (χ4v) is 2.54. The van der Waals surface area contributed by atoms with Crippen LogP contribution in [-0.2, 0) is 4.74 Å². The van der Waals surface area contributed by atoms with Gasteiger partial charge < -0.3 is 15.2 Å². The maximum atomic E-state index is 9.39. The summed E-state index contributed by atoms with van der Waals surface area (Å²) in [5, 5.41) is 13.0. The van der Waals surface area contributed by atoms with Crippen LogP contribution in [0.5, 0.6) is 0 Å². The maximum Gasteiger partial charge on any atom is 0.0612 e. The fourth-order valence-electron chi connectivity index (χ4n) is 2.54. The van der Waals surface area contributed by atoms with E-state index in [2.05, 4.69) is 33.0 Å². The average molecular weight is 243 g/mol. The number of nitrogens with one attached hydrogen (secondary N) is 1. The molecule has 0 aromatic carbocycles. The van der Waals surface area contributed by atoms with Crippen molar-refractivity contribution in [2.24, 2.45) is 11.8 Å². The van der Waals surface area contributed by atoms with Gasteiger partial charge in [0.05, 0.1) is 12.7 Å². The Hall–Kier alpha value is -0.120. The summed E-state index contributed by atoms with van der Waals surface area (Å²) >= 11 is 0. The first-order chi connectivity index (χ1) is 8.02. The van der Waals surface area contributed by atoms with Crippen LogP contribution < -0.4 is 5.32 Å². The smallest absolute Gasteiger partial charge is 0.0612 e. The van der Waals surface area contributed by atoms with E-state index < -0.39 is 0 Å². The first kappa shape index (κ1) is 14.9. The normalized spacial score (nSPS) is 27.7. The van der Waals surface area contributed by atoms with E-state index >= 15 is 0 Å². The second-order valence-corrected chi connectivity index (χ2v) is 6.05. The molecule has 1 aliphatic heterocycles. The Morgan fingerprint density at radius 3 is 2.53 bits per heavy atom. The molecule has 2 N–H and O–H groups in total. The van der Waals surface area contributed by atoms with Gasteiger partial charge in [0, 0.05) is 18.7 Å². The molecule has 1 rings (SSSR count). The van der Waals surface area contributed by atoms with Crippen molar-refractivity contribution in [1.82, 2.24) is 5.32 Å². The molecular formula is C14H29NO2. The third-order valence-corrected chi connectivity index (χ3v) is 3.51. The van der Waals surface area contributed by atoms with Crippen molar-refractivity contribution in [3.8, 4) is 0 Å². The summed E-state index contributed by atoms with van der Waals surface area (Å²) in [6.45, 7) is 9.91. The van der Waals surface area contributed by atoms with Crippen molar-refractivity contribution >= 4 is 0 Å². The molecule has 0 aliphatic carbocycles. The molecule has 0 aromatic heterocycles. The highest BCUT2D eigenvalue weighted by molar-refractivity contribution is 4.82. The lowest BCUT2D eigenvalue weighted by Crippen LogP contribution is -2.47. The van der Waals surface area contributed by atoms with Crippen LogP contribution in [-0.4, -0.2) is 36.5 Å². The monoisotopic (exact) mass is 243 g/mol. The Morgan fingerprint density at radius 2 is 2.00 bits per heavy atom. The van der Waals surface area contributed by atoms with E-state index in [1.54, 1.807) is 0 Å². The molecule has 17 heavy (non-hydrogen) atoms. The number of aliphatic hydroxyl groups excluding tert-OH is 1. The van der Waals surface area contributed by atoms with E-state index in [4.69, 9.17) is 4.74 Å². The lowest BCUT2D eigenvalue weighted by Gasteiger charge is -2.34. The Bertz CT molecular complexity index is 206. The van der Waals surface area contributed by atoms with Crippen LogP contribution in [0.1, 0.15) is 47.0 Å². The minimum Gasteiger partial charge on any atom is -0.395 e. The van der Waals surface area contributed by atoms with Gasteiger partial charge in [-0.25, -0.2) is 0 Å². The zero-order valence-electron chi connectivity index (χ0n) is 11.8. The summed E-state index contributed by atoms with van der Waals surface area (Å²) in [5.41, 5.74) is 0. The minimum atomic E-state index is 0.238. The molecule has 0 aromatic rings. The van der Waals surface area contributed by atoms with Gasteiger partial charge in [0.25, 0.3) is 0 Å². The molecule has 1 aliphatic rings. The molecule has 3 heteroatoms. The van der Waals surface area contributed by atoms with Crippen molar-refractivity contribution in [1.29, 1.82) is 0 Å². The Labute approximate surface area is 106 Å². The second-order valence-electron chi connectivity index (χ2n) is 6.05. The molecule has 0 bridgehead atoms. The van der Waals surface area contributed by atoms with Gasteiger partial charge in [-0.15, -0.1) is 0 Å². The third-order valence-electron chi connectivity index (χ3n) is 3.51. The summed E-state index contributed by atoms with van der Waals surface area (Å²) < 4.78 is 5.76. The molecule has 3 unspecified atom stereocenters. The first-order valence-corrected chi connectivity index (χ1v) is 7.01. The molecule has 3 atom stereocenters. The van der Waals surface area contributed by atoms with Gasteiger partial charge in [0.1, 0.15) is 0 Å². The van der Waals surface area contributed by atoms with Crippen molar-refractivity contribution in [2.75, 3.05) is 13.2 Å². The summed E-state index contributed by atoms with van der Waals surface area (Å²) in [5.74, 6) is 1.21. The number of hydrogen-bond donors (Lipinski definition) is 2. The zero-order valence-corrected chi connectivity index (χ0v) is 11.8. The number of rotatable bonds is 6. The molecule has 3 nitrogen and oxygen atoms in total. The van der Waals surface area contributed by atoms with Crippen LogP contribution in [0.3, 0.4) is 0 Å². The minimum absolute atomic E-state index is 0.238. The summed E-state index contributed by atoms with van der Waals surface area (Å²) in [4.78, 5) is 0. The number of ether oxygens (including phenoxy) is 1. The Morgan fingerprint density at radius 1 is 1.29 bits per heavy atom. The molecule has 102 valence electrons. The SMILES string of the molecule is CC(C)CC(CO)NC1CCOC(C(C)C)C1. The van der Waals surface area contributed by atoms with Crippen molar-refractivity contribution in [3.05, 3.63) is 0 Å². The Balaban J connectivity index is 2.38. The van der Waals surface area contributed by atoms with Crippen LogP contribution in [0.15, 0.2) is 0 Å². The number of aliphatic hydroxyl groups is 1. The molecule has 0 amide bonds. The molecule has 1 heterocycles. The first-order valence-electron chi connectivity index (χ1n) is 7.01. The van der Waals surface area contributed by atoms with Gasteiger partial charge in [-0.3, -0.25) is 0 Å². The highest BCUT2D eigenvalue weighted by Crippen LogP contribution is 2.21. The fraction of sp³-hybridized carbons (Fsp3) is 1.00. The molecule has 0 radical (unpaired) electrons.